The van der Waals surface area contributed by atoms with Crippen LogP contribution in [0.3, 0.4) is 0 Å². The van der Waals surface area contributed by atoms with Gasteiger partial charge < -0.3 is 20.4 Å². The molecule has 8 heteroatoms. The van der Waals surface area contributed by atoms with Crippen molar-refractivity contribution in [3.05, 3.63) is 29.8 Å². The Labute approximate surface area is 189 Å². The number of rotatable bonds is 6. The summed E-state index contributed by atoms with van der Waals surface area (Å²) in [6.07, 6.45) is 2.23. The molecule has 0 saturated carbocycles. The zero-order chi connectivity index (χ0) is 18.9. The number of nitrogens with one attached hydrogen (secondary N) is 2. The van der Waals surface area contributed by atoms with Crippen LogP contribution in [0, 0.1) is 0 Å². The lowest BCUT2D eigenvalue weighted by Gasteiger charge is -2.28. The van der Waals surface area contributed by atoms with E-state index >= 15 is 0 Å². The summed E-state index contributed by atoms with van der Waals surface area (Å²) in [6, 6.07) is 8.69. The number of halogens is 1. The lowest BCUT2D eigenvalue weighted by atomic mass is 10.2. The summed E-state index contributed by atoms with van der Waals surface area (Å²) in [5, 5.41) is 6.39. The van der Waals surface area contributed by atoms with E-state index in [1.165, 1.54) is 22.8 Å². The van der Waals surface area contributed by atoms with E-state index in [9.17, 15) is 4.79 Å². The number of carbonyl (C=O) groups is 1. The molecule has 2 aliphatic rings. The highest BCUT2D eigenvalue weighted by molar-refractivity contribution is 14.0. The van der Waals surface area contributed by atoms with Crippen LogP contribution >= 0.6 is 35.7 Å². The average molecular weight is 517 g/mol. The van der Waals surface area contributed by atoms with Crippen molar-refractivity contribution in [1.29, 1.82) is 0 Å². The first-order valence-electron chi connectivity index (χ1n) is 9.98. The molecule has 0 aliphatic carbocycles. The molecule has 1 aromatic carbocycles. The molecule has 6 nitrogen and oxygen atoms in total. The van der Waals surface area contributed by atoms with Crippen molar-refractivity contribution in [2.24, 2.45) is 4.99 Å². The van der Waals surface area contributed by atoms with E-state index in [0.29, 0.717) is 19.0 Å². The Morgan fingerprint density at radius 2 is 1.75 bits per heavy atom. The third kappa shape index (κ3) is 7.02. The van der Waals surface area contributed by atoms with Gasteiger partial charge in [0, 0.05) is 49.9 Å². The van der Waals surface area contributed by atoms with Gasteiger partial charge in [-0.3, -0.25) is 4.79 Å². The Balaban J connectivity index is 0.00000280. The maximum absolute atomic E-state index is 12.2. The predicted octanol–water partition coefficient (Wildman–Crippen LogP) is 2.54. The molecular formula is C20H32IN5OS. The number of hydrogen-bond donors (Lipinski definition) is 2. The summed E-state index contributed by atoms with van der Waals surface area (Å²) < 4.78 is 0. The van der Waals surface area contributed by atoms with E-state index in [2.05, 4.69) is 44.8 Å². The van der Waals surface area contributed by atoms with E-state index in [1.54, 1.807) is 0 Å². The van der Waals surface area contributed by atoms with Crippen molar-refractivity contribution in [2.45, 2.75) is 26.3 Å². The van der Waals surface area contributed by atoms with Gasteiger partial charge in [0.1, 0.15) is 0 Å². The number of guanidine groups is 1. The molecule has 0 aromatic heterocycles. The Kier molecular flexibility index (Phi) is 10.3. The Morgan fingerprint density at radius 1 is 1.07 bits per heavy atom. The second kappa shape index (κ2) is 12.4. The topological polar surface area (TPSA) is 60.0 Å². The zero-order valence-electron chi connectivity index (χ0n) is 16.7. The van der Waals surface area contributed by atoms with Gasteiger partial charge in [-0.2, -0.15) is 11.8 Å². The molecule has 1 amide bonds. The predicted molar refractivity (Wildman–Crippen MR) is 130 cm³/mol. The minimum absolute atomic E-state index is 0. The highest BCUT2D eigenvalue weighted by Gasteiger charge is 2.17. The minimum Gasteiger partial charge on any atom is -0.370 e. The molecule has 156 valence electrons. The maximum Gasteiger partial charge on any atom is 0.241 e. The van der Waals surface area contributed by atoms with Gasteiger partial charge in [0.05, 0.1) is 13.1 Å². The van der Waals surface area contributed by atoms with Gasteiger partial charge in [-0.15, -0.1) is 24.0 Å². The van der Waals surface area contributed by atoms with Crippen molar-refractivity contribution in [2.75, 3.05) is 55.7 Å². The van der Waals surface area contributed by atoms with E-state index in [1.807, 2.05) is 23.6 Å². The van der Waals surface area contributed by atoms with Crippen molar-refractivity contribution in [3.8, 4) is 0 Å². The van der Waals surface area contributed by atoms with Gasteiger partial charge in [0.2, 0.25) is 5.91 Å². The molecule has 0 atom stereocenters. The number of nitrogens with zero attached hydrogens (tertiary/aromatic N) is 3. The molecule has 0 radical (unpaired) electrons. The van der Waals surface area contributed by atoms with Crippen LogP contribution in [0.4, 0.5) is 5.69 Å². The average Bonchev–Trinajstić information content (AvgIpc) is 3.26. The first kappa shape index (κ1) is 23.1. The lowest BCUT2D eigenvalue weighted by molar-refractivity contribution is -0.128. The summed E-state index contributed by atoms with van der Waals surface area (Å²) >= 11 is 2.03. The quantitative estimate of drug-likeness (QED) is 0.345. The fourth-order valence-electron chi connectivity index (χ4n) is 3.38. The first-order chi connectivity index (χ1) is 13.3. The van der Waals surface area contributed by atoms with Gasteiger partial charge in [-0.05, 0) is 37.5 Å². The third-order valence-corrected chi connectivity index (χ3v) is 5.88. The van der Waals surface area contributed by atoms with Crippen LogP contribution in [0.1, 0.15) is 25.3 Å². The van der Waals surface area contributed by atoms with Crippen molar-refractivity contribution >= 4 is 53.3 Å². The zero-order valence-corrected chi connectivity index (χ0v) is 19.8. The number of likely N-dealkylation sites (tertiary alicyclic amines) is 1. The second-order valence-corrected chi connectivity index (χ2v) is 8.13. The van der Waals surface area contributed by atoms with Crippen LogP contribution in [0.15, 0.2) is 29.3 Å². The number of benzene rings is 1. The molecule has 2 aliphatic heterocycles. The van der Waals surface area contributed by atoms with Gasteiger partial charge in [-0.1, -0.05) is 12.1 Å². The fraction of sp³-hybridized carbons (Fsp3) is 0.600. The molecule has 28 heavy (non-hydrogen) atoms. The monoisotopic (exact) mass is 517 g/mol. The number of aliphatic imine (C=N–C) groups is 1. The number of carbonyl (C=O) groups excluding carboxylic acids is 1. The molecule has 2 saturated heterocycles. The lowest BCUT2D eigenvalue weighted by Crippen LogP contribution is -2.44. The minimum atomic E-state index is 0. The van der Waals surface area contributed by atoms with Crippen LogP contribution in [0.25, 0.3) is 0 Å². The number of hydrogen-bond acceptors (Lipinski definition) is 4. The van der Waals surface area contributed by atoms with Crippen molar-refractivity contribution < 1.29 is 4.79 Å². The Morgan fingerprint density at radius 3 is 2.39 bits per heavy atom. The normalized spacial score (nSPS) is 17.2. The summed E-state index contributed by atoms with van der Waals surface area (Å²) in [5.41, 5.74) is 2.47. The summed E-state index contributed by atoms with van der Waals surface area (Å²) in [6.45, 7) is 7.73. The summed E-state index contributed by atoms with van der Waals surface area (Å²) in [7, 11) is 0. The van der Waals surface area contributed by atoms with E-state index in [4.69, 9.17) is 0 Å². The number of amides is 1. The molecule has 0 spiro atoms. The van der Waals surface area contributed by atoms with E-state index < -0.39 is 0 Å². The van der Waals surface area contributed by atoms with E-state index in [0.717, 1.165) is 45.6 Å². The number of anilines is 1. The third-order valence-electron chi connectivity index (χ3n) is 4.94. The summed E-state index contributed by atoms with van der Waals surface area (Å²) in [4.78, 5) is 21.2. The molecule has 3 rings (SSSR count). The van der Waals surface area contributed by atoms with Crippen LogP contribution < -0.4 is 15.5 Å². The molecule has 2 fully saturated rings. The molecule has 2 N–H and O–H groups in total. The van der Waals surface area contributed by atoms with Crippen molar-refractivity contribution in [3.63, 3.8) is 0 Å². The van der Waals surface area contributed by atoms with Crippen LogP contribution in [0.2, 0.25) is 0 Å². The van der Waals surface area contributed by atoms with Gasteiger partial charge in [0.15, 0.2) is 5.96 Å². The molecule has 0 bridgehead atoms. The van der Waals surface area contributed by atoms with Crippen LogP contribution in [-0.4, -0.2) is 67.5 Å². The Hall–Kier alpha value is -1.16. The van der Waals surface area contributed by atoms with Gasteiger partial charge >= 0.3 is 0 Å². The largest absolute Gasteiger partial charge is 0.370 e. The fourth-order valence-corrected chi connectivity index (χ4v) is 4.29. The smallest absolute Gasteiger partial charge is 0.241 e. The molecular weight excluding hydrogens is 485 g/mol. The standard InChI is InChI=1S/C20H31N5OS.HI/c1-2-21-20(23-16-19(26)25-9-3-4-10-25)22-15-17-5-7-18(8-6-17)24-11-13-27-14-12-24;/h5-8H,2-4,9-16H2,1H3,(H2,21,22,23);1H. The summed E-state index contributed by atoms with van der Waals surface area (Å²) in [5.74, 6) is 3.27. The van der Waals surface area contributed by atoms with Crippen molar-refractivity contribution in [1.82, 2.24) is 15.5 Å². The van der Waals surface area contributed by atoms with Gasteiger partial charge in [0.25, 0.3) is 0 Å². The molecule has 0 unspecified atom stereocenters. The first-order valence-corrected chi connectivity index (χ1v) is 11.1. The molecule has 1 aromatic rings. The Bertz CT molecular complexity index is 628. The van der Waals surface area contributed by atoms with Crippen LogP contribution in [-0.2, 0) is 11.3 Å². The second-order valence-electron chi connectivity index (χ2n) is 6.90. The highest BCUT2D eigenvalue weighted by Crippen LogP contribution is 2.20. The highest BCUT2D eigenvalue weighted by atomic mass is 127. The number of thioether (sulfide) groups is 1. The van der Waals surface area contributed by atoms with E-state index in [-0.39, 0.29) is 29.9 Å². The molecule has 2 heterocycles. The SMILES string of the molecule is CCNC(=NCc1ccc(N2CCSCC2)cc1)NCC(=O)N1CCCC1.I. The van der Waals surface area contributed by atoms with Crippen LogP contribution in [0.5, 0.6) is 0 Å². The van der Waals surface area contributed by atoms with Gasteiger partial charge in [-0.25, -0.2) is 4.99 Å². The maximum atomic E-state index is 12.2.